The lowest BCUT2D eigenvalue weighted by atomic mass is 10.0. The second-order valence-corrected chi connectivity index (χ2v) is 4.22. The van der Waals surface area contributed by atoms with Crippen LogP contribution in [0, 0.1) is 0 Å². The molecule has 0 saturated heterocycles. The summed E-state index contributed by atoms with van der Waals surface area (Å²) >= 11 is 1.27. The first-order valence-corrected chi connectivity index (χ1v) is 5.82. The summed E-state index contributed by atoms with van der Waals surface area (Å²) in [5.41, 5.74) is 1.78. The van der Waals surface area contributed by atoms with Crippen molar-refractivity contribution in [2.45, 2.75) is 13.0 Å². The topological polar surface area (TPSA) is 75.1 Å². The van der Waals surface area contributed by atoms with Gasteiger partial charge in [-0.3, -0.25) is 4.79 Å². The number of hydrogen-bond donors (Lipinski definition) is 2. The molecule has 0 saturated carbocycles. The fourth-order valence-electron chi connectivity index (χ4n) is 1.49. The molecule has 0 aliphatic heterocycles. The summed E-state index contributed by atoms with van der Waals surface area (Å²) in [5.74, 6) is -0.826. The Labute approximate surface area is 102 Å². The first-order chi connectivity index (χ1) is 8.25. The molecule has 0 aliphatic carbocycles. The Kier molecular flexibility index (Phi) is 3.66. The van der Waals surface area contributed by atoms with Gasteiger partial charge in [0.25, 0.3) is 0 Å². The molecule has 0 fully saturated rings. The van der Waals surface area contributed by atoms with Gasteiger partial charge >= 0.3 is 5.97 Å². The standard InChI is InChI=1S/C11H11N3O2S/c15-10(16)5-8-3-1-2-4-9(8)6-12-11-13-7-14-17-11/h1-4,7H,5-6H2,(H,15,16)(H,12,13,14). The second-order valence-electron chi connectivity index (χ2n) is 3.44. The van der Waals surface area contributed by atoms with Crippen molar-refractivity contribution in [2.24, 2.45) is 0 Å². The van der Waals surface area contributed by atoms with Crippen LogP contribution in [0.1, 0.15) is 11.1 Å². The quantitative estimate of drug-likeness (QED) is 0.844. The van der Waals surface area contributed by atoms with E-state index in [1.54, 1.807) is 0 Å². The highest BCUT2D eigenvalue weighted by atomic mass is 32.1. The second kappa shape index (κ2) is 5.40. The number of carbonyl (C=O) groups is 1. The summed E-state index contributed by atoms with van der Waals surface area (Å²) in [4.78, 5) is 14.7. The van der Waals surface area contributed by atoms with Gasteiger partial charge in [-0.15, -0.1) is 0 Å². The van der Waals surface area contributed by atoms with Gasteiger partial charge in [0.15, 0.2) is 0 Å². The maximum Gasteiger partial charge on any atom is 0.307 e. The van der Waals surface area contributed by atoms with E-state index in [-0.39, 0.29) is 6.42 Å². The van der Waals surface area contributed by atoms with E-state index in [0.717, 1.165) is 16.3 Å². The van der Waals surface area contributed by atoms with Crippen LogP contribution in [0.25, 0.3) is 0 Å². The van der Waals surface area contributed by atoms with Crippen LogP contribution in [0.4, 0.5) is 5.13 Å². The van der Waals surface area contributed by atoms with Crippen molar-refractivity contribution in [3.8, 4) is 0 Å². The smallest absolute Gasteiger partial charge is 0.307 e. The van der Waals surface area contributed by atoms with Crippen molar-refractivity contribution in [1.29, 1.82) is 0 Å². The Morgan fingerprint density at radius 1 is 1.35 bits per heavy atom. The molecule has 0 radical (unpaired) electrons. The predicted molar refractivity (Wildman–Crippen MR) is 65.0 cm³/mol. The highest BCUT2D eigenvalue weighted by Crippen LogP contribution is 2.13. The van der Waals surface area contributed by atoms with E-state index in [2.05, 4.69) is 14.7 Å². The Bertz CT molecular complexity index is 499. The SMILES string of the molecule is O=C(O)Cc1ccccc1CNc1ncns1. The first-order valence-electron chi connectivity index (χ1n) is 5.05. The number of nitrogens with one attached hydrogen (secondary N) is 1. The molecule has 0 unspecified atom stereocenters. The largest absolute Gasteiger partial charge is 0.481 e. The molecule has 2 N–H and O–H groups in total. The number of nitrogens with zero attached hydrogens (tertiary/aromatic N) is 2. The highest BCUT2D eigenvalue weighted by molar-refractivity contribution is 7.09. The molecule has 0 aliphatic rings. The van der Waals surface area contributed by atoms with E-state index in [1.165, 1.54) is 17.9 Å². The molecular weight excluding hydrogens is 238 g/mol. The lowest BCUT2D eigenvalue weighted by Gasteiger charge is -2.07. The Morgan fingerprint density at radius 3 is 2.76 bits per heavy atom. The number of benzene rings is 1. The van der Waals surface area contributed by atoms with Crippen molar-refractivity contribution in [3.05, 3.63) is 41.7 Å². The van der Waals surface area contributed by atoms with Crippen molar-refractivity contribution in [1.82, 2.24) is 9.36 Å². The Morgan fingerprint density at radius 2 is 2.12 bits per heavy atom. The Balaban J connectivity index is 2.06. The van der Waals surface area contributed by atoms with E-state index in [1.807, 2.05) is 24.3 Å². The van der Waals surface area contributed by atoms with Gasteiger partial charge in [0.2, 0.25) is 5.13 Å². The van der Waals surface area contributed by atoms with Gasteiger partial charge in [0.1, 0.15) is 6.33 Å². The van der Waals surface area contributed by atoms with E-state index in [9.17, 15) is 4.79 Å². The first kappa shape index (κ1) is 11.5. The normalized spacial score (nSPS) is 10.1. The number of aliphatic carboxylic acids is 1. The van der Waals surface area contributed by atoms with Gasteiger partial charge in [-0.1, -0.05) is 24.3 Å². The minimum atomic E-state index is -0.826. The van der Waals surface area contributed by atoms with Crippen LogP contribution in [0.15, 0.2) is 30.6 Å². The molecule has 1 heterocycles. The number of carboxylic acid groups (broad SMARTS) is 1. The lowest BCUT2D eigenvalue weighted by Crippen LogP contribution is -2.07. The third-order valence-corrected chi connectivity index (χ3v) is 2.87. The lowest BCUT2D eigenvalue weighted by molar-refractivity contribution is -0.136. The van der Waals surface area contributed by atoms with Crippen molar-refractivity contribution < 1.29 is 9.90 Å². The van der Waals surface area contributed by atoms with Crippen molar-refractivity contribution in [2.75, 3.05) is 5.32 Å². The van der Waals surface area contributed by atoms with Gasteiger partial charge < -0.3 is 10.4 Å². The summed E-state index contributed by atoms with van der Waals surface area (Å²) < 4.78 is 3.88. The molecule has 2 aromatic rings. The average molecular weight is 249 g/mol. The van der Waals surface area contributed by atoms with Gasteiger partial charge in [0, 0.05) is 18.1 Å². The minimum absolute atomic E-state index is 0.0357. The van der Waals surface area contributed by atoms with Crippen LogP contribution in [0.5, 0.6) is 0 Å². The molecule has 1 aromatic carbocycles. The van der Waals surface area contributed by atoms with Crippen LogP contribution in [-0.4, -0.2) is 20.4 Å². The summed E-state index contributed by atoms with van der Waals surface area (Å²) in [6.45, 7) is 0.554. The zero-order valence-corrected chi connectivity index (χ0v) is 9.78. The third kappa shape index (κ3) is 3.25. The summed E-state index contributed by atoms with van der Waals surface area (Å²) in [5, 5.41) is 12.6. The van der Waals surface area contributed by atoms with Crippen LogP contribution in [-0.2, 0) is 17.8 Å². The molecule has 6 heteroatoms. The van der Waals surface area contributed by atoms with E-state index in [4.69, 9.17) is 5.11 Å². The van der Waals surface area contributed by atoms with E-state index in [0.29, 0.717) is 6.54 Å². The molecule has 0 amide bonds. The zero-order valence-electron chi connectivity index (χ0n) is 8.96. The maximum absolute atomic E-state index is 10.7. The fraction of sp³-hybridized carbons (Fsp3) is 0.182. The Hall–Kier alpha value is -1.95. The number of rotatable bonds is 5. The molecule has 1 aromatic heterocycles. The summed E-state index contributed by atoms with van der Waals surface area (Å²) in [7, 11) is 0. The van der Waals surface area contributed by atoms with E-state index < -0.39 is 5.97 Å². The number of hydrogen-bond acceptors (Lipinski definition) is 5. The zero-order chi connectivity index (χ0) is 12.1. The molecule has 17 heavy (non-hydrogen) atoms. The maximum atomic E-state index is 10.7. The number of anilines is 1. The number of carboxylic acids is 1. The summed E-state index contributed by atoms with van der Waals surface area (Å²) in [6, 6.07) is 7.47. The van der Waals surface area contributed by atoms with E-state index >= 15 is 0 Å². The molecule has 0 atom stereocenters. The molecule has 5 nitrogen and oxygen atoms in total. The van der Waals surface area contributed by atoms with Crippen LogP contribution in [0.2, 0.25) is 0 Å². The monoisotopic (exact) mass is 249 g/mol. The van der Waals surface area contributed by atoms with Gasteiger partial charge in [0.05, 0.1) is 6.42 Å². The molecule has 88 valence electrons. The molecular formula is C11H11N3O2S. The van der Waals surface area contributed by atoms with Crippen LogP contribution >= 0.6 is 11.5 Å². The highest BCUT2D eigenvalue weighted by Gasteiger charge is 2.06. The van der Waals surface area contributed by atoms with Crippen molar-refractivity contribution in [3.63, 3.8) is 0 Å². The average Bonchev–Trinajstić information content (AvgIpc) is 2.80. The molecule has 2 rings (SSSR count). The predicted octanol–water partition coefficient (Wildman–Crippen LogP) is 1.78. The van der Waals surface area contributed by atoms with Gasteiger partial charge in [-0.25, -0.2) is 4.98 Å². The van der Waals surface area contributed by atoms with Crippen molar-refractivity contribution >= 4 is 22.6 Å². The third-order valence-electron chi connectivity index (χ3n) is 2.25. The van der Waals surface area contributed by atoms with Crippen LogP contribution < -0.4 is 5.32 Å². The fourth-order valence-corrected chi connectivity index (χ4v) is 1.91. The number of aromatic nitrogens is 2. The van der Waals surface area contributed by atoms with Gasteiger partial charge in [-0.05, 0) is 11.1 Å². The minimum Gasteiger partial charge on any atom is -0.481 e. The summed E-state index contributed by atoms with van der Waals surface area (Å²) in [6.07, 6.45) is 1.52. The van der Waals surface area contributed by atoms with Crippen LogP contribution in [0.3, 0.4) is 0 Å². The molecule has 0 spiro atoms. The van der Waals surface area contributed by atoms with Gasteiger partial charge in [-0.2, -0.15) is 4.37 Å². The molecule has 0 bridgehead atoms.